The molecule has 1 atom stereocenters. The Bertz CT molecular complexity index is 880. The van der Waals surface area contributed by atoms with Gasteiger partial charge >= 0.3 is 6.18 Å². The Morgan fingerprint density at radius 2 is 2.21 bits per heavy atom. The summed E-state index contributed by atoms with van der Waals surface area (Å²) in [5.74, 6) is -0.131. The van der Waals surface area contributed by atoms with Gasteiger partial charge in [-0.15, -0.1) is 0 Å². The number of hydrogen-bond donors (Lipinski definition) is 1. The highest BCUT2D eigenvalue weighted by molar-refractivity contribution is 7.98. The Kier molecular flexibility index (Phi) is 6.34. The molecule has 1 N–H and O–H groups in total. The molecule has 1 aromatic heterocycles. The maximum absolute atomic E-state index is 12.2. The second-order valence-corrected chi connectivity index (χ2v) is 7.42. The summed E-state index contributed by atoms with van der Waals surface area (Å²) in [5, 5.41) is 3.55. The van der Waals surface area contributed by atoms with Gasteiger partial charge in [0.25, 0.3) is 0 Å². The lowest BCUT2D eigenvalue weighted by Gasteiger charge is -2.13. The summed E-state index contributed by atoms with van der Waals surface area (Å²) < 4.78 is 42.3. The second kappa shape index (κ2) is 8.57. The summed E-state index contributed by atoms with van der Waals surface area (Å²) in [6.45, 7) is 0.112. The van der Waals surface area contributed by atoms with E-state index < -0.39 is 24.9 Å². The Hall–Kier alpha value is -2.00. The zero-order chi connectivity index (χ0) is 20.3. The molecule has 0 bridgehead atoms. The fourth-order valence-corrected chi connectivity index (χ4v) is 3.46. The van der Waals surface area contributed by atoms with Crippen molar-refractivity contribution in [1.29, 1.82) is 0 Å². The van der Waals surface area contributed by atoms with E-state index >= 15 is 0 Å². The summed E-state index contributed by atoms with van der Waals surface area (Å²) >= 11 is 7.77. The predicted octanol–water partition coefficient (Wildman–Crippen LogP) is 4.28. The maximum Gasteiger partial charge on any atom is 0.389 e. The van der Waals surface area contributed by atoms with Gasteiger partial charge in [0, 0.05) is 30.2 Å². The van der Waals surface area contributed by atoms with Crippen LogP contribution in [0.4, 0.5) is 13.2 Å². The third-order valence-corrected chi connectivity index (χ3v) is 4.97. The third-order valence-electron chi connectivity index (χ3n) is 4.13. The molecule has 2 aromatic rings. The number of ether oxygens (including phenoxy) is 1. The largest absolute Gasteiger partial charge is 0.486 e. The molecule has 1 aliphatic rings. The van der Waals surface area contributed by atoms with Crippen molar-refractivity contribution in [2.45, 2.75) is 36.7 Å². The standard InChI is InChI=1S/C18H17ClF3N3O2S/c1-28-17-23-5-3-14(25-17)10-6-11-7-12(27-16(11)13(19)8-10)9-24-15(26)2-4-18(20,21)22/h3,5-6,8,12H,2,4,7,9H2,1H3,(H,24,26)/t12-/m0/s1. The number of carbonyl (C=O) groups is 1. The van der Waals surface area contributed by atoms with Crippen molar-refractivity contribution < 1.29 is 22.7 Å². The first kappa shape index (κ1) is 20.7. The van der Waals surface area contributed by atoms with E-state index in [4.69, 9.17) is 16.3 Å². The molecule has 5 nitrogen and oxygen atoms in total. The summed E-state index contributed by atoms with van der Waals surface area (Å²) in [5.41, 5.74) is 2.41. The van der Waals surface area contributed by atoms with Crippen LogP contribution in [-0.2, 0) is 11.2 Å². The molecular formula is C18H17ClF3N3O2S. The summed E-state index contributed by atoms with van der Waals surface area (Å²) in [6.07, 6.45) is -2.43. The topological polar surface area (TPSA) is 64.1 Å². The number of benzene rings is 1. The second-order valence-electron chi connectivity index (χ2n) is 6.24. The third kappa shape index (κ3) is 5.29. The van der Waals surface area contributed by atoms with Crippen LogP contribution in [-0.4, -0.2) is 41.0 Å². The van der Waals surface area contributed by atoms with Crippen LogP contribution < -0.4 is 10.1 Å². The van der Waals surface area contributed by atoms with E-state index in [0.29, 0.717) is 22.3 Å². The zero-order valence-electron chi connectivity index (χ0n) is 14.8. The van der Waals surface area contributed by atoms with Crippen molar-refractivity contribution in [3.63, 3.8) is 0 Å². The van der Waals surface area contributed by atoms with Crippen LogP contribution >= 0.6 is 23.4 Å². The van der Waals surface area contributed by atoms with Crippen LogP contribution in [0.25, 0.3) is 11.3 Å². The highest BCUT2D eigenvalue weighted by atomic mass is 35.5. The van der Waals surface area contributed by atoms with E-state index in [-0.39, 0.29) is 12.6 Å². The summed E-state index contributed by atoms with van der Waals surface area (Å²) in [7, 11) is 0. The average molecular weight is 432 g/mol. The minimum atomic E-state index is -4.35. The maximum atomic E-state index is 12.2. The van der Waals surface area contributed by atoms with Gasteiger partial charge in [-0.2, -0.15) is 13.2 Å². The van der Waals surface area contributed by atoms with E-state index in [2.05, 4.69) is 15.3 Å². The highest BCUT2D eigenvalue weighted by Crippen LogP contribution is 2.39. The normalized spacial score (nSPS) is 15.8. The first-order valence-electron chi connectivity index (χ1n) is 8.45. The molecule has 0 spiro atoms. The van der Waals surface area contributed by atoms with Crippen LogP contribution in [0, 0.1) is 0 Å². The molecule has 0 aliphatic carbocycles. The molecule has 0 saturated heterocycles. The highest BCUT2D eigenvalue weighted by Gasteiger charge is 2.29. The van der Waals surface area contributed by atoms with Gasteiger partial charge in [-0.25, -0.2) is 9.97 Å². The lowest BCUT2D eigenvalue weighted by atomic mass is 10.0. The van der Waals surface area contributed by atoms with Gasteiger partial charge in [0.05, 0.1) is 23.7 Å². The van der Waals surface area contributed by atoms with Gasteiger partial charge in [0.1, 0.15) is 11.9 Å². The van der Waals surface area contributed by atoms with Gasteiger partial charge in [-0.3, -0.25) is 4.79 Å². The number of halogens is 4. The Morgan fingerprint density at radius 1 is 1.43 bits per heavy atom. The Balaban J connectivity index is 1.64. The van der Waals surface area contributed by atoms with Gasteiger partial charge in [0.15, 0.2) is 5.16 Å². The number of amides is 1. The van der Waals surface area contributed by atoms with Crippen LogP contribution in [0.3, 0.4) is 0 Å². The summed E-state index contributed by atoms with van der Waals surface area (Å²) in [6, 6.07) is 5.45. The smallest absolute Gasteiger partial charge is 0.389 e. The molecular weight excluding hydrogens is 415 g/mol. The number of rotatable bonds is 6. The molecule has 28 heavy (non-hydrogen) atoms. The van der Waals surface area contributed by atoms with Crippen LogP contribution in [0.1, 0.15) is 18.4 Å². The predicted molar refractivity (Wildman–Crippen MR) is 101 cm³/mol. The molecule has 1 aliphatic heterocycles. The first-order valence-corrected chi connectivity index (χ1v) is 10.1. The number of aromatic nitrogens is 2. The number of carbonyl (C=O) groups excluding carboxylic acids is 1. The molecule has 0 saturated carbocycles. The number of nitrogens with zero attached hydrogens (tertiary/aromatic N) is 2. The fraction of sp³-hybridized carbons (Fsp3) is 0.389. The van der Waals surface area contributed by atoms with Crippen LogP contribution in [0.2, 0.25) is 5.02 Å². The zero-order valence-corrected chi connectivity index (χ0v) is 16.4. The lowest BCUT2D eigenvalue weighted by Crippen LogP contribution is -2.34. The molecule has 0 radical (unpaired) electrons. The van der Waals surface area contributed by atoms with Crippen molar-refractivity contribution in [3.8, 4) is 17.0 Å². The van der Waals surface area contributed by atoms with Gasteiger partial charge in [-0.05, 0) is 24.5 Å². The van der Waals surface area contributed by atoms with Gasteiger partial charge in [-0.1, -0.05) is 23.4 Å². The molecule has 0 fully saturated rings. The average Bonchev–Trinajstić information content (AvgIpc) is 3.08. The number of thioether (sulfide) groups is 1. The molecule has 0 unspecified atom stereocenters. The molecule has 3 rings (SSSR count). The van der Waals surface area contributed by atoms with Crippen molar-refractivity contribution in [3.05, 3.63) is 35.0 Å². The van der Waals surface area contributed by atoms with Gasteiger partial charge in [0.2, 0.25) is 5.91 Å². The van der Waals surface area contributed by atoms with Crippen LogP contribution in [0.5, 0.6) is 5.75 Å². The van der Waals surface area contributed by atoms with E-state index in [0.717, 1.165) is 16.8 Å². The SMILES string of the molecule is CSc1nccc(-c2cc(Cl)c3c(c2)C[C@@H](CNC(=O)CCC(F)(F)F)O3)n1. The van der Waals surface area contributed by atoms with E-state index in [1.165, 1.54) is 11.8 Å². The van der Waals surface area contributed by atoms with Crippen molar-refractivity contribution in [2.24, 2.45) is 0 Å². The fourth-order valence-electron chi connectivity index (χ4n) is 2.82. The quantitative estimate of drug-likeness (QED) is 0.546. The van der Waals surface area contributed by atoms with Crippen molar-refractivity contribution >= 4 is 29.3 Å². The van der Waals surface area contributed by atoms with Crippen LogP contribution in [0.15, 0.2) is 29.6 Å². The molecule has 10 heteroatoms. The number of nitrogens with one attached hydrogen (secondary N) is 1. The summed E-state index contributed by atoms with van der Waals surface area (Å²) in [4.78, 5) is 20.2. The molecule has 1 amide bonds. The minimum absolute atomic E-state index is 0.112. The lowest BCUT2D eigenvalue weighted by molar-refractivity contribution is -0.144. The number of fused-ring (bicyclic) bond motifs is 1. The molecule has 2 heterocycles. The van der Waals surface area contributed by atoms with Crippen molar-refractivity contribution in [2.75, 3.05) is 12.8 Å². The molecule has 1 aromatic carbocycles. The van der Waals surface area contributed by atoms with Crippen molar-refractivity contribution in [1.82, 2.24) is 15.3 Å². The first-order chi connectivity index (χ1) is 13.2. The van der Waals surface area contributed by atoms with E-state index in [1.807, 2.05) is 12.3 Å². The Labute approximate surface area is 169 Å². The van der Waals surface area contributed by atoms with Gasteiger partial charge < -0.3 is 10.1 Å². The van der Waals surface area contributed by atoms with E-state index in [1.54, 1.807) is 18.3 Å². The molecule has 150 valence electrons. The monoisotopic (exact) mass is 431 g/mol. The Morgan fingerprint density at radius 3 is 2.93 bits per heavy atom. The number of alkyl halides is 3. The minimum Gasteiger partial charge on any atom is -0.486 e. The van der Waals surface area contributed by atoms with E-state index in [9.17, 15) is 18.0 Å². The number of hydrogen-bond acceptors (Lipinski definition) is 5.